The Hall–Kier alpha value is -1.65. The lowest BCUT2D eigenvalue weighted by Crippen LogP contribution is -2.34. The zero-order valence-electron chi connectivity index (χ0n) is 5.48. The number of nitrogens with zero attached hydrogens (tertiary/aromatic N) is 1. The van der Waals surface area contributed by atoms with Crippen molar-refractivity contribution in [1.29, 1.82) is 0 Å². The molecule has 1 heterocycles. The fraction of sp³-hybridized carbons (Fsp3) is 0.167. The summed E-state index contributed by atoms with van der Waals surface area (Å²) in [5.74, 6) is -1.07. The minimum atomic E-state index is -1.36. The second-order valence-electron chi connectivity index (χ2n) is 2.01. The van der Waals surface area contributed by atoms with Crippen LogP contribution in [0.15, 0.2) is 12.3 Å². The van der Waals surface area contributed by atoms with Gasteiger partial charge in [0.15, 0.2) is 5.78 Å². The van der Waals surface area contributed by atoms with Crippen molar-refractivity contribution in [2.75, 3.05) is 0 Å². The molecule has 1 aliphatic rings. The van der Waals surface area contributed by atoms with E-state index in [1.807, 2.05) is 0 Å². The highest BCUT2D eigenvalue weighted by molar-refractivity contribution is 6.10. The molecule has 1 aliphatic heterocycles. The van der Waals surface area contributed by atoms with Crippen LogP contribution in [-0.4, -0.2) is 27.8 Å². The van der Waals surface area contributed by atoms with Crippen molar-refractivity contribution >= 4 is 17.8 Å². The van der Waals surface area contributed by atoms with Crippen molar-refractivity contribution in [1.82, 2.24) is 4.90 Å². The molecule has 11 heavy (non-hydrogen) atoms. The second kappa shape index (κ2) is 2.53. The Morgan fingerprint density at radius 2 is 2.18 bits per heavy atom. The number of imide groups is 1. The Labute approximate surface area is 61.9 Å². The molecule has 0 atom stereocenters. The zero-order chi connectivity index (χ0) is 8.43. The first kappa shape index (κ1) is 7.46. The maximum absolute atomic E-state index is 10.7. The molecule has 0 spiro atoms. The maximum Gasteiger partial charge on any atom is 0.418 e. The van der Waals surface area contributed by atoms with Crippen LogP contribution in [0.5, 0.6) is 0 Å². The number of hydrogen-bond acceptors (Lipinski definition) is 3. The van der Waals surface area contributed by atoms with Crippen LogP contribution >= 0.6 is 0 Å². The van der Waals surface area contributed by atoms with E-state index in [0.29, 0.717) is 4.90 Å². The smallest absolute Gasteiger partial charge is 0.418 e. The molecule has 0 bridgehead atoms. The molecular formula is C6H5NO4. The van der Waals surface area contributed by atoms with E-state index in [9.17, 15) is 14.4 Å². The van der Waals surface area contributed by atoms with Crippen LogP contribution in [0, 0.1) is 0 Å². The van der Waals surface area contributed by atoms with Crippen molar-refractivity contribution in [3.63, 3.8) is 0 Å². The van der Waals surface area contributed by atoms with Gasteiger partial charge >= 0.3 is 6.09 Å². The molecule has 0 aromatic carbocycles. The van der Waals surface area contributed by atoms with Crippen LogP contribution in [0.25, 0.3) is 0 Å². The molecule has 0 radical (unpaired) electrons. The first-order valence-corrected chi connectivity index (χ1v) is 2.87. The molecule has 58 valence electrons. The Morgan fingerprint density at radius 1 is 1.55 bits per heavy atom. The molecule has 0 saturated carbocycles. The average Bonchev–Trinajstić information content (AvgIpc) is 1.85. The largest absolute Gasteiger partial charge is 0.464 e. The molecule has 1 rings (SSSR count). The van der Waals surface area contributed by atoms with E-state index >= 15 is 0 Å². The van der Waals surface area contributed by atoms with E-state index in [4.69, 9.17) is 5.11 Å². The molecular weight excluding hydrogens is 150 g/mol. The van der Waals surface area contributed by atoms with Gasteiger partial charge in [0.2, 0.25) is 5.91 Å². The van der Waals surface area contributed by atoms with Gasteiger partial charge in [0.1, 0.15) is 0 Å². The maximum atomic E-state index is 10.7. The molecule has 0 aromatic heterocycles. The minimum absolute atomic E-state index is 0.358. The van der Waals surface area contributed by atoms with Crippen molar-refractivity contribution in [2.45, 2.75) is 6.42 Å². The first-order chi connectivity index (χ1) is 5.11. The molecule has 5 nitrogen and oxygen atoms in total. The number of rotatable bonds is 0. The van der Waals surface area contributed by atoms with Gasteiger partial charge in [0.25, 0.3) is 0 Å². The summed E-state index contributed by atoms with van der Waals surface area (Å²) in [6, 6.07) is 0. The number of carboxylic acid groups (broad SMARTS) is 1. The van der Waals surface area contributed by atoms with Crippen LogP contribution in [0.4, 0.5) is 4.79 Å². The average molecular weight is 155 g/mol. The standard InChI is InChI=1S/C6H5NO4/c8-4-1-2-7(6(10)11)5(9)3-4/h1-2H,3H2,(H,10,11). The van der Waals surface area contributed by atoms with Gasteiger partial charge in [0.05, 0.1) is 6.42 Å². The Kier molecular flexibility index (Phi) is 1.72. The summed E-state index contributed by atoms with van der Waals surface area (Å²) in [7, 11) is 0. The predicted molar refractivity (Wildman–Crippen MR) is 33.6 cm³/mol. The van der Waals surface area contributed by atoms with Gasteiger partial charge in [-0.25, -0.2) is 9.69 Å². The summed E-state index contributed by atoms with van der Waals surface area (Å²) < 4.78 is 0. The van der Waals surface area contributed by atoms with E-state index in [2.05, 4.69) is 0 Å². The fourth-order valence-corrected chi connectivity index (χ4v) is 0.704. The van der Waals surface area contributed by atoms with Crippen molar-refractivity contribution in [2.24, 2.45) is 0 Å². The SMILES string of the molecule is O=C1C=CN(C(=O)O)C(=O)C1. The molecule has 0 aliphatic carbocycles. The lowest BCUT2D eigenvalue weighted by atomic mass is 10.2. The lowest BCUT2D eigenvalue weighted by Gasteiger charge is -2.14. The summed E-state index contributed by atoms with van der Waals surface area (Å²) in [5, 5.41) is 8.34. The number of carbonyl (C=O) groups is 3. The van der Waals surface area contributed by atoms with Crippen LogP contribution in [-0.2, 0) is 9.59 Å². The third-order valence-corrected chi connectivity index (χ3v) is 1.21. The molecule has 1 N–H and O–H groups in total. The van der Waals surface area contributed by atoms with Crippen molar-refractivity contribution < 1.29 is 19.5 Å². The number of carbonyl (C=O) groups excluding carboxylic acids is 2. The molecule has 5 heteroatoms. The second-order valence-corrected chi connectivity index (χ2v) is 2.01. The van der Waals surface area contributed by atoms with E-state index in [0.717, 1.165) is 12.3 Å². The highest BCUT2D eigenvalue weighted by Crippen LogP contribution is 2.04. The molecule has 0 unspecified atom stereocenters. The van der Waals surface area contributed by atoms with Gasteiger partial charge in [-0.3, -0.25) is 9.59 Å². The van der Waals surface area contributed by atoms with Gasteiger partial charge < -0.3 is 5.11 Å². The van der Waals surface area contributed by atoms with E-state index in [-0.39, 0.29) is 12.2 Å². The van der Waals surface area contributed by atoms with Crippen LogP contribution < -0.4 is 0 Å². The molecule has 0 saturated heterocycles. The third kappa shape index (κ3) is 1.43. The Balaban J connectivity index is 2.85. The summed E-state index contributed by atoms with van der Waals surface area (Å²) in [5.41, 5.74) is 0. The number of amides is 2. The number of ketones is 1. The van der Waals surface area contributed by atoms with Crippen molar-refractivity contribution in [3.8, 4) is 0 Å². The Bertz CT molecular complexity index is 255. The topological polar surface area (TPSA) is 74.7 Å². The monoisotopic (exact) mass is 155 g/mol. The summed E-state index contributed by atoms with van der Waals surface area (Å²) in [4.78, 5) is 31.9. The lowest BCUT2D eigenvalue weighted by molar-refractivity contribution is -0.131. The summed E-state index contributed by atoms with van der Waals surface area (Å²) in [6.45, 7) is 0. The first-order valence-electron chi connectivity index (χ1n) is 2.87. The predicted octanol–water partition coefficient (Wildman–Crippen LogP) is -0.0205. The van der Waals surface area contributed by atoms with Crippen LogP contribution in [0.3, 0.4) is 0 Å². The van der Waals surface area contributed by atoms with Crippen molar-refractivity contribution in [3.05, 3.63) is 12.3 Å². The summed E-state index contributed by atoms with van der Waals surface area (Å²) >= 11 is 0. The number of allylic oxidation sites excluding steroid dienone is 1. The van der Waals surface area contributed by atoms with Gasteiger partial charge in [-0.05, 0) is 6.08 Å². The number of hydrogen-bond donors (Lipinski definition) is 1. The molecule has 2 amide bonds. The highest BCUT2D eigenvalue weighted by Gasteiger charge is 2.23. The van der Waals surface area contributed by atoms with Gasteiger partial charge in [0, 0.05) is 6.20 Å². The zero-order valence-corrected chi connectivity index (χ0v) is 5.48. The highest BCUT2D eigenvalue weighted by atomic mass is 16.4. The summed E-state index contributed by atoms with van der Waals surface area (Å²) in [6.07, 6.45) is 0.299. The quantitative estimate of drug-likeness (QED) is 0.499. The van der Waals surface area contributed by atoms with Crippen LogP contribution in [0.2, 0.25) is 0 Å². The van der Waals surface area contributed by atoms with E-state index in [1.54, 1.807) is 0 Å². The minimum Gasteiger partial charge on any atom is -0.464 e. The van der Waals surface area contributed by atoms with Gasteiger partial charge in [-0.1, -0.05) is 0 Å². The normalized spacial score (nSPS) is 17.3. The van der Waals surface area contributed by atoms with E-state index < -0.39 is 12.0 Å². The van der Waals surface area contributed by atoms with Gasteiger partial charge in [-0.15, -0.1) is 0 Å². The van der Waals surface area contributed by atoms with Crippen LogP contribution in [0.1, 0.15) is 6.42 Å². The fourth-order valence-electron chi connectivity index (χ4n) is 0.704. The Morgan fingerprint density at radius 3 is 2.64 bits per heavy atom. The third-order valence-electron chi connectivity index (χ3n) is 1.21. The molecule has 0 fully saturated rings. The molecule has 0 aromatic rings. The van der Waals surface area contributed by atoms with Gasteiger partial charge in [-0.2, -0.15) is 0 Å². The van der Waals surface area contributed by atoms with E-state index in [1.165, 1.54) is 0 Å².